The fourth-order valence-corrected chi connectivity index (χ4v) is 3.76. The van der Waals surface area contributed by atoms with E-state index in [2.05, 4.69) is 30.1 Å². The Hall–Kier alpha value is -0.920. The first kappa shape index (κ1) is 13.5. The van der Waals surface area contributed by atoms with Crippen LogP contribution in [-0.4, -0.2) is 21.6 Å². The molecule has 4 heteroatoms. The highest BCUT2D eigenvalue weighted by Gasteiger charge is 2.23. The molecule has 2 rings (SSSR count). The van der Waals surface area contributed by atoms with Gasteiger partial charge < -0.3 is 9.88 Å². The highest BCUT2D eigenvalue weighted by molar-refractivity contribution is 7.99. The summed E-state index contributed by atoms with van der Waals surface area (Å²) in [4.78, 5) is 0. The Balaban J connectivity index is 1.80. The van der Waals surface area contributed by atoms with Crippen LogP contribution in [0.15, 0.2) is 12.3 Å². The fraction of sp³-hybridized carbons (Fsp3) is 0.643. The van der Waals surface area contributed by atoms with Gasteiger partial charge in [-0.2, -0.15) is 17.0 Å². The smallest absolute Gasteiger partial charge is 0.120 e. The van der Waals surface area contributed by atoms with Crippen molar-refractivity contribution in [3.8, 4) is 6.07 Å². The molecule has 0 saturated heterocycles. The molecule has 0 aliphatic heterocycles. The number of aryl methyl sites for hydroxylation is 1. The normalized spacial score (nSPS) is 23.2. The number of aromatic nitrogens is 1. The van der Waals surface area contributed by atoms with Gasteiger partial charge in [-0.25, -0.2) is 0 Å². The molecule has 3 nitrogen and oxygen atoms in total. The van der Waals surface area contributed by atoms with Gasteiger partial charge in [0.15, 0.2) is 0 Å². The van der Waals surface area contributed by atoms with Crippen LogP contribution in [0.2, 0.25) is 0 Å². The lowest BCUT2D eigenvalue weighted by Crippen LogP contribution is -2.25. The number of thioether (sulfide) groups is 1. The van der Waals surface area contributed by atoms with Crippen molar-refractivity contribution in [2.45, 2.75) is 44.0 Å². The highest BCUT2D eigenvalue weighted by atomic mass is 32.2. The minimum atomic E-state index is 0.653. The lowest BCUT2D eigenvalue weighted by atomic mass is 10.2. The Morgan fingerprint density at radius 1 is 1.56 bits per heavy atom. The van der Waals surface area contributed by atoms with E-state index >= 15 is 0 Å². The monoisotopic (exact) mass is 263 g/mol. The summed E-state index contributed by atoms with van der Waals surface area (Å²) in [6, 6.07) is 4.82. The first-order chi connectivity index (χ1) is 8.72. The second-order valence-corrected chi connectivity index (χ2v) is 6.50. The minimum absolute atomic E-state index is 0.653. The summed E-state index contributed by atoms with van der Waals surface area (Å²) < 4.78 is 1.89. The van der Waals surface area contributed by atoms with Gasteiger partial charge in [0.25, 0.3) is 0 Å². The van der Waals surface area contributed by atoms with Gasteiger partial charge in [-0.3, -0.25) is 0 Å². The van der Waals surface area contributed by atoms with Gasteiger partial charge in [-0.05, 0) is 36.6 Å². The molecule has 1 heterocycles. The van der Waals surface area contributed by atoms with Crippen LogP contribution in [0.5, 0.6) is 0 Å². The number of rotatable bonds is 5. The predicted molar refractivity (Wildman–Crippen MR) is 76.5 cm³/mol. The largest absolute Gasteiger partial charge is 0.342 e. The summed E-state index contributed by atoms with van der Waals surface area (Å²) in [5.41, 5.74) is 1.94. The van der Waals surface area contributed by atoms with Crippen LogP contribution < -0.4 is 5.32 Å². The first-order valence-corrected chi connectivity index (χ1v) is 7.68. The maximum atomic E-state index is 8.91. The second-order valence-electron chi connectivity index (χ2n) is 4.92. The number of hydrogen-bond donors (Lipinski definition) is 1. The van der Waals surface area contributed by atoms with Gasteiger partial charge in [0.05, 0.1) is 0 Å². The standard InChI is InChI=1S/C14H21N3S/c1-3-18-14-5-4-12(7-14)16-9-11-6-13(8-15)17(2)10-11/h6,10,12,14,16H,3-5,7,9H2,1-2H3. The van der Waals surface area contributed by atoms with E-state index in [4.69, 9.17) is 5.26 Å². The van der Waals surface area contributed by atoms with E-state index in [0.29, 0.717) is 6.04 Å². The molecule has 1 aliphatic rings. The maximum Gasteiger partial charge on any atom is 0.120 e. The lowest BCUT2D eigenvalue weighted by Gasteiger charge is -2.12. The van der Waals surface area contributed by atoms with Gasteiger partial charge >= 0.3 is 0 Å². The van der Waals surface area contributed by atoms with Gasteiger partial charge in [0.1, 0.15) is 11.8 Å². The van der Waals surface area contributed by atoms with E-state index in [0.717, 1.165) is 17.5 Å². The Morgan fingerprint density at radius 3 is 3.06 bits per heavy atom. The molecule has 1 aromatic heterocycles. The zero-order valence-corrected chi connectivity index (χ0v) is 12.0. The van der Waals surface area contributed by atoms with Gasteiger partial charge in [-0.1, -0.05) is 6.92 Å². The van der Waals surface area contributed by atoms with Crippen molar-refractivity contribution in [2.75, 3.05) is 5.75 Å². The van der Waals surface area contributed by atoms with Gasteiger partial charge in [0, 0.05) is 31.1 Å². The third-order valence-electron chi connectivity index (χ3n) is 3.56. The van der Waals surface area contributed by atoms with Crippen molar-refractivity contribution in [3.63, 3.8) is 0 Å². The third-order valence-corrected chi connectivity index (χ3v) is 4.79. The van der Waals surface area contributed by atoms with E-state index < -0.39 is 0 Å². The van der Waals surface area contributed by atoms with Gasteiger partial charge in [0.2, 0.25) is 0 Å². The molecule has 2 atom stereocenters. The van der Waals surface area contributed by atoms with E-state index in [1.54, 1.807) is 0 Å². The van der Waals surface area contributed by atoms with Crippen molar-refractivity contribution >= 4 is 11.8 Å². The van der Waals surface area contributed by atoms with Crippen molar-refractivity contribution < 1.29 is 0 Å². The SMILES string of the molecule is CCSC1CCC(NCc2cc(C#N)n(C)c2)C1. The fourth-order valence-electron chi connectivity index (χ4n) is 2.62. The number of hydrogen-bond acceptors (Lipinski definition) is 3. The Bertz CT molecular complexity index is 433. The summed E-state index contributed by atoms with van der Waals surface area (Å²) in [5.74, 6) is 1.22. The molecular weight excluding hydrogens is 242 g/mol. The van der Waals surface area contributed by atoms with Crippen LogP contribution in [0.3, 0.4) is 0 Å². The molecule has 1 N–H and O–H groups in total. The molecule has 0 radical (unpaired) electrons. The van der Waals surface area contributed by atoms with E-state index in [-0.39, 0.29) is 0 Å². The molecule has 1 aliphatic carbocycles. The van der Waals surface area contributed by atoms with Crippen molar-refractivity contribution in [3.05, 3.63) is 23.5 Å². The first-order valence-electron chi connectivity index (χ1n) is 6.63. The van der Waals surface area contributed by atoms with E-state index in [1.165, 1.54) is 30.6 Å². The number of nitrogens with one attached hydrogen (secondary N) is 1. The zero-order valence-electron chi connectivity index (χ0n) is 11.1. The zero-order chi connectivity index (χ0) is 13.0. The quantitative estimate of drug-likeness (QED) is 0.888. The minimum Gasteiger partial charge on any atom is -0.342 e. The van der Waals surface area contributed by atoms with E-state index in [9.17, 15) is 0 Å². The molecular formula is C14H21N3S. The molecule has 0 bridgehead atoms. The predicted octanol–water partition coefficient (Wildman–Crippen LogP) is 2.66. The molecule has 1 aromatic rings. The average Bonchev–Trinajstić information content (AvgIpc) is 2.94. The van der Waals surface area contributed by atoms with Gasteiger partial charge in [-0.15, -0.1) is 0 Å². The topological polar surface area (TPSA) is 40.8 Å². The van der Waals surface area contributed by atoms with Crippen molar-refractivity contribution in [2.24, 2.45) is 7.05 Å². The lowest BCUT2D eigenvalue weighted by molar-refractivity contribution is 0.525. The summed E-state index contributed by atoms with van der Waals surface area (Å²) in [6.07, 6.45) is 5.96. The molecule has 0 amide bonds. The van der Waals surface area contributed by atoms with Crippen LogP contribution in [0.25, 0.3) is 0 Å². The number of nitrogens with zero attached hydrogens (tertiary/aromatic N) is 2. The molecule has 1 saturated carbocycles. The summed E-state index contributed by atoms with van der Waals surface area (Å²) in [6.45, 7) is 3.11. The van der Waals surface area contributed by atoms with Crippen molar-refractivity contribution in [1.82, 2.24) is 9.88 Å². The molecule has 98 valence electrons. The van der Waals surface area contributed by atoms with E-state index in [1.807, 2.05) is 23.9 Å². The van der Waals surface area contributed by atoms with Crippen LogP contribution in [0, 0.1) is 11.3 Å². The van der Waals surface area contributed by atoms with Crippen LogP contribution >= 0.6 is 11.8 Å². The summed E-state index contributed by atoms with van der Waals surface area (Å²) in [7, 11) is 1.92. The molecule has 18 heavy (non-hydrogen) atoms. The van der Waals surface area contributed by atoms with Crippen LogP contribution in [0.1, 0.15) is 37.4 Å². The summed E-state index contributed by atoms with van der Waals surface area (Å²) >= 11 is 2.09. The van der Waals surface area contributed by atoms with Crippen LogP contribution in [-0.2, 0) is 13.6 Å². The Morgan fingerprint density at radius 2 is 2.39 bits per heavy atom. The Kier molecular flexibility index (Phi) is 4.73. The third kappa shape index (κ3) is 3.30. The number of nitriles is 1. The Labute approximate surface area is 114 Å². The van der Waals surface area contributed by atoms with Crippen LogP contribution in [0.4, 0.5) is 0 Å². The highest BCUT2D eigenvalue weighted by Crippen LogP contribution is 2.29. The summed E-state index contributed by atoms with van der Waals surface area (Å²) in [5, 5.41) is 13.4. The average molecular weight is 263 g/mol. The molecule has 1 fully saturated rings. The molecule has 0 aromatic carbocycles. The molecule has 0 spiro atoms. The van der Waals surface area contributed by atoms with Crippen molar-refractivity contribution in [1.29, 1.82) is 5.26 Å². The maximum absolute atomic E-state index is 8.91. The second kappa shape index (κ2) is 6.31. The molecule has 2 unspecified atom stereocenters.